The van der Waals surface area contributed by atoms with E-state index in [9.17, 15) is 9.90 Å². The van der Waals surface area contributed by atoms with Crippen molar-refractivity contribution in [3.63, 3.8) is 0 Å². The number of hydrogen-bond donors (Lipinski definition) is 2. The molecular formula is C18H27N3O2. The summed E-state index contributed by atoms with van der Waals surface area (Å²) in [5, 5.41) is 9.58. The zero-order chi connectivity index (χ0) is 17.2. The number of nitrogens with one attached hydrogen (secondary N) is 1. The molecule has 1 aromatic heterocycles. The molecule has 1 amide bonds. The molecule has 126 valence electrons. The van der Waals surface area contributed by atoms with Gasteiger partial charge < -0.3 is 15.0 Å². The predicted molar refractivity (Wildman–Crippen MR) is 92.3 cm³/mol. The van der Waals surface area contributed by atoms with Gasteiger partial charge in [-0.1, -0.05) is 32.9 Å². The number of carbonyl (C=O) groups is 1. The summed E-state index contributed by atoms with van der Waals surface area (Å²) in [6.07, 6.45) is 0.946. The molecule has 5 heteroatoms. The Bertz CT molecular complexity index is 685. The molecule has 1 heterocycles. The minimum absolute atomic E-state index is 0.0242. The number of amides is 1. The number of likely N-dealkylation sites (N-methyl/N-ethyl adjacent to an activating group) is 1. The van der Waals surface area contributed by atoms with Crippen LogP contribution in [0.5, 0.6) is 0 Å². The SMILES string of the molecule is Cc1cccc2[nH]c(CCC(=O)N(C)[C@H](CO)C(C)(C)C)nc12. The van der Waals surface area contributed by atoms with Crippen molar-refractivity contribution >= 4 is 16.9 Å². The molecule has 5 nitrogen and oxygen atoms in total. The monoisotopic (exact) mass is 317 g/mol. The van der Waals surface area contributed by atoms with Crippen LogP contribution in [0.1, 0.15) is 38.6 Å². The summed E-state index contributed by atoms with van der Waals surface area (Å²) in [5.41, 5.74) is 2.94. The molecule has 0 spiro atoms. The topological polar surface area (TPSA) is 69.2 Å². The Morgan fingerprint density at radius 2 is 2.09 bits per heavy atom. The highest BCUT2D eigenvalue weighted by Gasteiger charge is 2.30. The van der Waals surface area contributed by atoms with E-state index < -0.39 is 0 Å². The summed E-state index contributed by atoms with van der Waals surface area (Å²) in [7, 11) is 1.76. The fourth-order valence-corrected chi connectivity index (χ4v) is 2.90. The number of H-pyrrole nitrogens is 1. The van der Waals surface area contributed by atoms with Gasteiger partial charge in [0, 0.05) is 19.9 Å². The second kappa shape index (κ2) is 6.71. The predicted octanol–water partition coefficient (Wildman–Crippen LogP) is 2.67. The third-order valence-electron chi connectivity index (χ3n) is 4.37. The Kier molecular flexibility index (Phi) is 5.09. The molecule has 0 bridgehead atoms. The second-order valence-corrected chi connectivity index (χ2v) is 7.22. The van der Waals surface area contributed by atoms with Crippen LogP contribution in [0.15, 0.2) is 18.2 Å². The van der Waals surface area contributed by atoms with E-state index in [1.165, 1.54) is 0 Å². The van der Waals surface area contributed by atoms with Crippen LogP contribution in [0.25, 0.3) is 11.0 Å². The van der Waals surface area contributed by atoms with Crippen molar-refractivity contribution < 1.29 is 9.90 Å². The summed E-state index contributed by atoms with van der Waals surface area (Å²) in [4.78, 5) is 21.9. The summed E-state index contributed by atoms with van der Waals surface area (Å²) in [6, 6.07) is 5.83. The maximum absolute atomic E-state index is 12.4. The number of benzene rings is 1. The lowest BCUT2D eigenvalue weighted by molar-refractivity contribution is -0.135. The summed E-state index contributed by atoms with van der Waals surface area (Å²) < 4.78 is 0. The number of para-hydroxylation sites is 1. The molecule has 0 unspecified atom stereocenters. The van der Waals surface area contributed by atoms with Crippen LogP contribution in [0.2, 0.25) is 0 Å². The van der Waals surface area contributed by atoms with E-state index in [0.29, 0.717) is 12.8 Å². The average Bonchev–Trinajstić information content (AvgIpc) is 2.88. The Balaban J connectivity index is 2.04. The van der Waals surface area contributed by atoms with Gasteiger partial charge in [0.2, 0.25) is 5.91 Å². The average molecular weight is 317 g/mol. The van der Waals surface area contributed by atoms with Gasteiger partial charge in [0.05, 0.1) is 23.7 Å². The highest BCUT2D eigenvalue weighted by molar-refractivity contribution is 5.79. The van der Waals surface area contributed by atoms with Gasteiger partial charge in [0.15, 0.2) is 0 Å². The highest BCUT2D eigenvalue weighted by Crippen LogP contribution is 2.24. The van der Waals surface area contributed by atoms with Gasteiger partial charge in [-0.2, -0.15) is 0 Å². The fraction of sp³-hybridized carbons (Fsp3) is 0.556. The van der Waals surface area contributed by atoms with Crippen LogP contribution in [0, 0.1) is 12.3 Å². The van der Waals surface area contributed by atoms with Crippen molar-refractivity contribution in [2.24, 2.45) is 5.41 Å². The van der Waals surface area contributed by atoms with Gasteiger partial charge in [-0.15, -0.1) is 0 Å². The normalized spacial score (nSPS) is 13.3. The van der Waals surface area contributed by atoms with Crippen molar-refractivity contribution in [2.75, 3.05) is 13.7 Å². The van der Waals surface area contributed by atoms with Gasteiger partial charge >= 0.3 is 0 Å². The number of carbonyl (C=O) groups excluding carboxylic acids is 1. The van der Waals surface area contributed by atoms with Crippen molar-refractivity contribution in [3.05, 3.63) is 29.6 Å². The fourth-order valence-electron chi connectivity index (χ4n) is 2.90. The minimum Gasteiger partial charge on any atom is -0.394 e. The van der Waals surface area contributed by atoms with Gasteiger partial charge in [-0.3, -0.25) is 4.79 Å². The van der Waals surface area contributed by atoms with Crippen LogP contribution in [0.3, 0.4) is 0 Å². The van der Waals surface area contributed by atoms with Crippen LogP contribution in [-0.4, -0.2) is 45.6 Å². The zero-order valence-corrected chi connectivity index (χ0v) is 14.7. The lowest BCUT2D eigenvalue weighted by Gasteiger charge is -2.36. The molecule has 23 heavy (non-hydrogen) atoms. The number of nitrogens with zero attached hydrogens (tertiary/aromatic N) is 2. The third-order valence-corrected chi connectivity index (χ3v) is 4.37. The summed E-state index contributed by atoms with van der Waals surface area (Å²) in [5.74, 6) is 0.850. The van der Waals surface area contributed by atoms with E-state index in [4.69, 9.17) is 0 Å². The van der Waals surface area contributed by atoms with E-state index in [-0.39, 0.29) is 24.0 Å². The Hall–Kier alpha value is -1.88. The molecule has 0 aliphatic carbocycles. The van der Waals surface area contributed by atoms with Gasteiger partial charge in [0.1, 0.15) is 5.82 Å². The number of aliphatic hydroxyl groups excluding tert-OH is 1. The molecule has 1 aromatic carbocycles. The maximum Gasteiger partial charge on any atom is 0.223 e. The first-order valence-electron chi connectivity index (χ1n) is 8.04. The molecule has 2 N–H and O–H groups in total. The van der Waals surface area contributed by atoms with E-state index in [2.05, 4.69) is 9.97 Å². The summed E-state index contributed by atoms with van der Waals surface area (Å²) >= 11 is 0. The maximum atomic E-state index is 12.4. The van der Waals surface area contributed by atoms with Crippen molar-refractivity contribution in [3.8, 4) is 0 Å². The number of rotatable bonds is 5. The largest absolute Gasteiger partial charge is 0.394 e. The molecule has 0 aliphatic rings. The number of imidazole rings is 1. The first-order valence-corrected chi connectivity index (χ1v) is 8.04. The zero-order valence-electron chi connectivity index (χ0n) is 14.7. The van der Waals surface area contributed by atoms with Gasteiger partial charge in [-0.25, -0.2) is 4.98 Å². The number of aromatic amines is 1. The van der Waals surface area contributed by atoms with Crippen LogP contribution < -0.4 is 0 Å². The number of fused-ring (bicyclic) bond motifs is 1. The molecule has 2 aromatic rings. The highest BCUT2D eigenvalue weighted by atomic mass is 16.3. The molecule has 0 radical (unpaired) electrons. The molecular weight excluding hydrogens is 290 g/mol. The Morgan fingerprint density at radius 3 is 2.65 bits per heavy atom. The number of aryl methyl sites for hydroxylation is 2. The van der Waals surface area contributed by atoms with Gasteiger partial charge in [0.25, 0.3) is 0 Å². The third kappa shape index (κ3) is 3.91. The molecule has 0 aliphatic heterocycles. The molecule has 0 fully saturated rings. The Morgan fingerprint density at radius 1 is 1.39 bits per heavy atom. The smallest absolute Gasteiger partial charge is 0.223 e. The summed E-state index contributed by atoms with van der Waals surface area (Å²) in [6.45, 7) is 8.08. The van der Waals surface area contributed by atoms with Crippen molar-refractivity contribution in [1.29, 1.82) is 0 Å². The van der Waals surface area contributed by atoms with Crippen LogP contribution in [0.4, 0.5) is 0 Å². The molecule has 2 rings (SSSR count). The minimum atomic E-state index is -0.187. The standard InChI is InChI=1S/C18H27N3O2/c1-12-7-6-8-13-17(12)20-15(19-13)9-10-16(23)21(5)14(11-22)18(2,3)4/h6-8,14,22H,9-11H2,1-5H3,(H,19,20)/t14-/m1/s1. The first kappa shape index (κ1) is 17.5. The van der Waals surface area contributed by atoms with Crippen LogP contribution >= 0.6 is 0 Å². The van der Waals surface area contributed by atoms with E-state index in [0.717, 1.165) is 22.4 Å². The van der Waals surface area contributed by atoms with Crippen molar-refractivity contribution in [1.82, 2.24) is 14.9 Å². The number of aliphatic hydroxyl groups is 1. The second-order valence-electron chi connectivity index (χ2n) is 7.22. The number of aromatic nitrogens is 2. The lowest BCUT2D eigenvalue weighted by atomic mass is 9.86. The molecule has 1 atom stereocenters. The Labute approximate surface area is 137 Å². The molecule has 0 saturated heterocycles. The first-order chi connectivity index (χ1) is 10.7. The number of hydrogen-bond acceptors (Lipinski definition) is 3. The van der Waals surface area contributed by atoms with E-state index in [1.807, 2.05) is 45.9 Å². The van der Waals surface area contributed by atoms with Gasteiger partial charge in [-0.05, 0) is 24.0 Å². The lowest BCUT2D eigenvalue weighted by Crippen LogP contribution is -2.47. The quantitative estimate of drug-likeness (QED) is 0.891. The van der Waals surface area contributed by atoms with Crippen molar-refractivity contribution in [2.45, 2.75) is 46.6 Å². The van der Waals surface area contributed by atoms with Crippen LogP contribution in [-0.2, 0) is 11.2 Å². The van der Waals surface area contributed by atoms with E-state index >= 15 is 0 Å². The van der Waals surface area contributed by atoms with E-state index in [1.54, 1.807) is 11.9 Å². The molecule has 0 saturated carbocycles.